The van der Waals surface area contributed by atoms with Crippen LogP contribution in [0.4, 0.5) is 4.79 Å². The number of aromatic hydroxyl groups is 1. The van der Waals surface area contributed by atoms with Crippen molar-refractivity contribution in [2.45, 2.75) is 38.6 Å². The third-order valence-corrected chi connectivity index (χ3v) is 7.41. The first-order valence-corrected chi connectivity index (χ1v) is 13.8. The predicted octanol–water partition coefficient (Wildman–Crippen LogP) is 2.97. The number of benzene rings is 3. The third-order valence-electron chi connectivity index (χ3n) is 7.41. The number of nitrogens with zero attached hydrogens (tertiary/aromatic N) is 4. The van der Waals surface area contributed by atoms with Gasteiger partial charge in [-0.15, -0.1) is 0 Å². The lowest BCUT2D eigenvalue weighted by Crippen LogP contribution is -2.76. The first-order valence-electron chi connectivity index (χ1n) is 13.8. The van der Waals surface area contributed by atoms with Crippen molar-refractivity contribution in [3.8, 4) is 11.5 Å². The van der Waals surface area contributed by atoms with Crippen molar-refractivity contribution in [3.05, 3.63) is 95.6 Å². The average molecular weight is 558 g/mol. The van der Waals surface area contributed by atoms with E-state index in [1.54, 1.807) is 51.1 Å². The molecule has 0 saturated carbocycles. The molecule has 2 atom stereocenters. The number of hydrogen-bond donors (Lipinski definition) is 2. The van der Waals surface area contributed by atoms with Crippen LogP contribution in [0.5, 0.6) is 11.5 Å². The number of urea groups is 1. The smallest absolute Gasteiger partial charge is 0.334 e. The van der Waals surface area contributed by atoms with Gasteiger partial charge in [0.25, 0.3) is 0 Å². The number of nitrogens with one attached hydrogen (secondary N) is 1. The van der Waals surface area contributed by atoms with Crippen molar-refractivity contribution in [2.75, 3.05) is 26.7 Å². The second-order valence-electron chi connectivity index (χ2n) is 10.3. The van der Waals surface area contributed by atoms with Gasteiger partial charge in [-0.25, -0.2) is 14.8 Å². The fourth-order valence-corrected chi connectivity index (χ4v) is 5.44. The third kappa shape index (κ3) is 6.28. The van der Waals surface area contributed by atoms with Gasteiger partial charge in [-0.2, -0.15) is 0 Å². The van der Waals surface area contributed by atoms with Crippen LogP contribution in [0.15, 0.2) is 78.9 Å². The molecule has 4 amide bonds. The van der Waals surface area contributed by atoms with Gasteiger partial charge >= 0.3 is 6.03 Å². The average Bonchev–Trinajstić information content (AvgIpc) is 2.96. The summed E-state index contributed by atoms with van der Waals surface area (Å²) in [6, 6.07) is 22.6. The van der Waals surface area contributed by atoms with Gasteiger partial charge in [-0.05, 0) is 47.9 Å². The molecule has 0 bridgehead atoms. The van der Waals surface area contributed by atoms with E-state index in [2.05, 4.69) is 5.32 Å². The van der Waals surface area contributed by atoms with Crippen molar-refractivity contribution in [1.29, 1.82) is 0 Å². The molecule has 41 heavy (non-hydrogen) atoms. The summed E-state index contributed by atoms with van der Waals surface area (Å²) in [4.78, 5) is 44.3. The number of rotatable bonds is 8. The molecule has 2 aliphatic rings. The van der Waals surface area contributed by atoms with Gasteiger partial charge in [0.15, 0.2) is 0 Å². The van der Waals surface area contributed by atoms with Gasteiger partial charge in [0.1, 0.15) is 23.7 Å². The van der Waals surface area contributed by atoms with Gasteiger partial charge in [0.2, 0.25) is 11.8 Å². The summed E-state index contributed by atoms with van der Waals surface area (Å²) in [6.45, 7) is 3.28. The zero-order valence-corrected chi connectivity index (χ0v) is 23.3. The molecule has 2 saturated heterocycles. The highest BCUT2D eigenvalue weighted by Gasteiger charge is 2.50. The molecule has 2 fully saturated rings. The van der Waals surface area contributed by atoms with Crippen molar-refractivity contribution in [1.82, 2.24) is 25.1 Å². The Hall–Kier alpha value is -4.57. The van der Waals surface area contributed by atoms with E-state index in [1.807, 2.05) is 61.5 Å². The quantitative estimate of drug-likeness (QED) is 0.441. The number of phenolic OH excluding ortho intramolecular Hbond substituents is 1. The van der Waals surface area contributed by atoms with E-state index in [1.165, 1.54) is 0 Å². The number of piperazine rings is 1. The van der Waals surface area contributed by atoms with E-state index < -0.39 is 12.2 Å². The first-order chi connectivity index (χ1) is 19.8. The van der Waals surface area contributed by atoms with Gasteiger partial charge < -0.3 is 25.0 Å². The monoisotopic (exact) mass is 557 g/mol. The molecular weight excluding hydrogens is 522 g/mol. The molecule has 0 spiro atoms. The second kappa shape index (κ2) is 12.3. The Morgan fingerprint density at radius 1 is 0.951 bits per heavy atom. The predicted molar refractivity (Wildman–Crippen MR) is 152 cm³/mol. The molecule has 2 N–H and O–H groups in total. The maximum Gasteiger partial charge on any atom is 0.334 e. The molecular formula is C31H35N5O5. The number of carbonyl (C=O) groups excluding carboxylic acids is 3. The number of ether oxygens (including phenoxy) is 1. The molecule has 2 aliphatic heterocycles. The van der Waals surface area contributed by atoms with E-state index in [0.717, 1.165) is 22.4 Å². The van der Waals surface area contributed by atoms with Crippen LogP contribution >= 0.6 is 0 Å². The molecule has 0 radical (unpaired) electrons. The van der Waals surface area contributed by atoms with Gasteiger partial charge in [-0.3, -0.25) is 9.59 Å². The SMILES string of the molecule is CCOc1ccc(CNC(=O)N2[C@H]3CN(Cc4ccccc4)C(=O)[C@H](Cc4ccc(O)cc4)N3C(=O)CN2C)cc1. The van der Waals surface area contributed by atoms with Crippen LogP contribution in [0.3, 0.4) is 0 Å². The number of amides is 4. The zero-order chi connectivity index (χ0) is 28.9. The zero-order valence-electron chi connectivity index (χ0n) is 23.3. The molecule has 3 aromatic rings. The fourth-order valence-electron chi connectivity index (χ4n) is 5.44. The van der Waals surface area contributed by atoms with Crippen LogP contribution in [0.2, 0.25) is 0 Å². The van der Waals surface area contributed by atoms with Crippen LogP contribution in [0.25, 0.3) is 0 Å². The number of hydrogen-bond acceptors (Lipinski definition) is 6. The Kier molecular flexibility index (Phi) is 8.39. The second-order valence-corrected chi connectivity index (χ2v) is 10.3. The Morgan fingerprint density at radius 3 is 2.32 bits per heavy atom. The van der Waals surface area contributed by atoms with E-state index in [-0.39, 0.29) is 43.1 Å². The van der Waals surface area contributed by atoms with Crippen LogP contribution < -0.4 is 10.1 Å². The minimum absolute atomic E-state index is 0.0367. The molecule has 10 nitrogen and oxygen atoms in total. The number of phenols is 1. The summed E-state index contributed by atoms with van der Waals surface area (Å²) in [5.41, 5.74) is 2.67. The lowest BCUT2D eigenvalue weighted by atomic mass is 9.98. The Labute approximate surface area is 239 Å². The van der Waals surface area contributed by atoms with Crippen LogP contribution in [-0.2, 0) is 29.1 Å². The summed E-state index contributed by atoms with van der Waals surface area (Å²) in [5.74, 6) is 0.492. The van der Waals surface area contributed by atoms with Crippen molar-refractivity contribution >= 4 is 17.8 Å². The van der Waals surface area contributed by atoms with Crippen LogP contribution in [0.1, 0.15) is 23.6 Å². The number of hydrazine groups is 1. The topological polar surface area (TPSA) is 106 Å². The van der Waals surface area contributed by atoms with Crippen molar-refractivity contribution in [3.63, 3.8) is 0 Å². The van der Waals surface area contributed by atoms with E-state index >= 15 is 0 Å². The normalized spacial score (nSPS) is 19.2. The van der Waals surface area contributed by atoms with E-state index in [4.69, 9.17) is 4.74 Å². The number of carbonyl (C=O) groups is 3. The Bertz CT molecular complexity index is 1370. The first kappa shape index (κ1) is 28.0. The van der Waals surface area contributed by atoms with Crippen molar-refractivity contribution in [2.24, 2.45) is 0 Å². The Balaban J connectivity index is 1.41. The molecule has 3 aromatic carbocycles. The standard InChI is InChI=1S/C31H35N5O5/c1-3-41-26-15-11-23(12-16-26)18-32-31(40)36-28-20-34(19-24-7-5-4-6-8-24)30(39)27(35(28)29(38)21-33(36)2)17-22-9-13-25(37)14-10-22/h4-16,27-28,37H,3,17-21H2,1-2H3,(H,32,40)/t27-,28-/m0/s1. The van der Waals surface area contributed by atoms with E-state index in [9.17, 15) is 19.5 Å². The Morgan fingerprint density at radius 2 is 1.63 bits per heavy atom. The maximum atomic E-state index is 13.9. The molecule has 0 aliphatic carbocycles. The largest absolute Gasteiger partial charge is 0.508 e. The minimum atomic E-state index is -0.801. The highest BCUT2D eigenvalue weighted by molar-refractivity contribution is 5.91. The molecule has 0 unspecified atom stereocenters. The summed E-state index contributed by atoms with van der Waals surface area (Å²) < 4.78 is 5.50. The lowest BCUT2D eigenvalue weighted by molar-refractivity contribution is -0.187. The summed E-state index contributed by atoms with van der Waals surface area (Å²) >= 11 is 0. The van der Waals surface area contributed by atoms with E-state index in [0.29, 0.717) is 19.7 Å². The molecule has 0 aromatic heterocycles. The summed E-state index contributed by atoms with van der Waals surface area (Å²) in [6.07, 6.45) is -0.428. The van der Waals surface area contributed by atoms with Gasteiger partial charge in [0, 0.05) is 26.6 Å². The van der Waals surface area contributed by atoms with Gasteiger partial charge in [-0.1, -0.05) is 54.6 Å². The van der Waals surface area contributed by atoms with Crippen LogP contribution in [0, 0.1) is 0 Å². The molecule has 10 heteroatoms. The van der Waals surface area contributed by atoms with Crippen LogP contribution in [-0.4, -0.2) is 81.7 Å². The maximum absolute atomic E-state index is 13.9. The number of fused-ring (bicyclic) bond motifs is 1. The summed E-state index contributed by atoms with van der Waals surface area (Å²) in [5, 5.41) is 15.9. The fraction of sp³-hybridized carbons (Fsp3) is 0.323. The summed E-state index contributed by atoms with van der Waals surface area (Å²) in [7, 11) is 1.71. The van der Waals surface area contributed by atoms with Crippen molar-refractivity contribution < 1.29 is 24.2 Å². The molecule has 5 rings (SSSR count). The molecule has 214 valence electrons. The highest BCUT2D eigenvalue weighted by Crippen LogP contribution is 2.29. The highest BCUT2D eigenvalue weighted by atomic mass is 16.5. The molecule has 2 heterocycles. The number of likely N-dealkylation sites (N-methyl/N-ethyl adjacent to an activating group) is 1. The minimum Gasteiger partial charge on any atom is -0.508 e. The lowest BCUT2D eigenvalue weighted by Gasteiger charge is -2.54. The van der Waals surface area contributed by atoms with Gasteiger partial charge in [0.05, 0.1) is 19.7 Å².